The number of rotatable bonds is 5. The van der Waals surface area contributed by atoms with Gasteiger partial charge in [-0.05, 0) is 56.3 Å². The molecule has 1 amide bonds. The van der Waals surface area contributed by atoms with Gasteiger partial charge in [-0.25, -0.2) is 4.98 Å². The van der Waals surface area contributed by atoms with Gasteiger partial charge < -0.3 is 4.74 Å². The monoisotopic (exact) mass is 396 g/mol. The zero-order chi connectivity index (χ0) is 19.1. The van der Waals surface area contributed by atoms with Crippen molar-refractivity contribution >= 4 is 28.3 Å². The smallest absolute Gasteiger partial charge is 0.312 e. The summed E-state index contributed by atoms with van der Waals surface area (Å²) < 4.78 is 5.48. The Balaban J connectivity index is 1.17. The van der Waals surface area contributed by atoms with E-state index in [-0.39, 0.29) is 23.9 Å². The van der Waals surface area contributed by atoms with Crippen molar-refractivity contribution < 1.29 is 14.3 Å². The van der Waals surface area contributed by atoms with E-state index in [9.17, 15) is 9.59 Å². The summed E-state index contributed by atoms with van der Waals surface area (Å²) in [6.07, 6.45) is 6.69. The van der Waals surface area contributed by atoms with Crippen LogP contribution in [0.3, 0.4) is 0 Å². The number of aromatic nitrogens is 1. The van der Waals surface area contributed by atoms with Gasteiger partial charge in [-0.3, -0.25) is 14.9 Å². The summed E-state index contributed by atoms with van der Waals surface area (Å²) in [5.74, 6) is 1.55. The predicted molar refractivity (Wildman–Crippen MR) is 108 cm³/mol. The van der Waals surface area contributed by atoms with E-state index in [1.165, 1.54) is 30.6 Å². The fourth-order valence-electron chi connectivity index (χ4n) is 5.87. The van der Waals surface area contributed by atoms with Crippen LogP contribution in [-0.2, 0) is 14.3 Å². The zero-order valence-corrected chi connectivity index (χ0v) is 16.5. The molecule has 0 unspecified atom stereocenters. The number of carbonyl (C=O) groups excluding carboxylic acids is 2. The molecule has 1 aromatic heterocycles. The maximum Gasteiger partial charge on any atom is 0.312 e. The van der Waals surface area contributed by atoms with Crippen LogP contribution in [0.5, 0.6) is 0 Å². The number of hydrogen-bond donors (Lipinski definition) is 1. The van der Waals surface area contributed by atoms with Crippen LogP contribution in [0.2, 0.25) is 0 Å². The average molecular weight is 397 g/mol. The van der Waals surface area contributed by atoms with Crippen LogP contribution in [0.4, 0.5) is 5.13 Å². The van der Waals surface area contributed by atoms with Crippen molar-refractivity contribution in [3.63, 3.8) is 0 Å². The lowest BCUT2D eigenvalue weighted by molar-refractivity contribution is -0.172. The summed E-state index contributed by atoms with van der Waals surface area (Å²) in [6.45, 7) is -0.235. The van der Waals surface area contributed by atoms with Gasteiger partial charge in [0.25, 0.3) is 5.91 Å². The van der Waals surface area contributed by atoms with Crippen molar-refractivity contribution in [1.82, 2.24) is 4.98 Å². The third-order valence-electron chi connectivity index (χ3n) is 6.63. The molecule has 6 heteroatoms. The van der Waals surface area contributed by atoms with Gasteiger partial charge in [-0.2, -0.15) is 0 Å². The Hall–Kier alpha value is -2.21. The number of carbonyl (C=O) groups is 2. The summed E-state index contributed by atoms with van der Waals surface area (Å²) in [6, 6.07) is 9.83. The second-order valence-electron chi connectivity index (χ2n) is 8.73. The van der Waals surface area contributed by atoms with Crippen molar-refractivity contribution in [2.24, 2.45) is 23.2 Å². The molecule has 28 heavy (non-hydrogen) atoms. The van der Waals surface area contributed by atoms with Crippen molar-refractivity contribution in [2.45, 2.75) is 38.5 Å². The highest BCUT2D eigenvalue weighted by atomic mass is 32.1. The number of amides is 1. The van der Waals surface area contributed by atoms with Crippen LogP contribution >= 0.6 is 11.3 Å². The molecule has 0 saturated heterocycles. The number of esters is 1. The molecule has 1 heterocycles. The first-order valence-corrected chi connectivity index (χ1v) is 11.0. The Kier molecular flexibility index (Phi) is 4.46. The molecule has 4 fully saturated rings. The summed E-state index contributed by atoms with van der Waals surface area (Å²) in [7, 11) is 0. The Bertz CT molecular complexity index is 857. The molecule has 0 spiro atoms. The van der Waals surface area contributed by atoms with Crippen molar-refractivity contribution in [3.8, 4) is 11.3 Å². The minimum Gasteiger partial charge on any atom is -0.455 e. The van der Waals surface area contributed by atoms with Gasteiger partial charge in [0.1, 0.15) is 0 Å². The maximum atomic E-state index is 12.8. The minimum absolute atomic E-state index is 0.161. The summed E-state index contributed by atoms with van der Waals surface area (Å²) in [5, 5.41) is 5.18. The third kappa shape index (κ3) is 3.34. The number of anilines is 1. The first kappa shape index (κ1) is 17.9. The number of benzene rings is 1. The van der Waals surface area contributed by atoms with Crippen LogP contribution in [0.25, 0.3) is 11.3 Å². The van der Waals surface area contributed by atoms with Crippen molar-refractivity contribution in [2.75, 3.05) is 11.9 Å². The molecule has 1 aromatic carbocycles. The van der Waals surface area contributed by atoms with Crippen molar-refractivity contribution in [1.29, 1.82) is 0 Å². The maximum absolute atomic E-state index is 12.8. The van der Waals surface area contributed by atoms with E-state index < -0.39 is 0 Å². The topological polar surface area (TPSA) is 68.3 Å². The van der Waals surface area contributed by atoms with E-state index in [1.54, 1.807) is 0 Å². The fourth-order valence-corrected chi connectivity index (χ4v) is 6.61. The van der Waals surface area contributed by atoms with Crippen LogP contribution < -0.4 is 5.32 Å². The van der Waals surface area contributed by atoms with E-state index in [4.69, 9.17) is 4.74 Å². The van der Waals surface area contributed by atoms with Gasteiger partial charge in [0.2, 0.25) is 0 Å². The summed E-state index contributed by atoms with van der Waals surface area (Å²) >= 11 is 1.37. The molecule has 2 aromatic rings. The van der Waals surface area contributed by atoms with E-state index in [0.717, 1.165) is 30.5 Å². The lowest BCUT2D eigenvalue weighted by atomic mass is 9.49. The molecule has 4 aliphatic rings. The van der Waals surface area contributed by atoms with Gasteiger partial charge in [0.05, 0.1) is 11.1 Å². The lowest BCUT2D eigenvalue weighted by Gasteiger charge is -2.55. The van der Waals surface area contributed by atoms with Gasteiger partial charge in [0, 0.05) is 10.9 Å². The van der Waals surface area contributed by atoms with Crippen LogP contribution in [-0.4, -0.2) is 23.5 Å². The Morgan fingerprint density at radius 2 is 1.71 bits per heavy atom. The van der Waals surface area contributed by atoms with E-state index >= 15 is 0 Å². The number of ether oxygens (including phenoxy) is 1. The standard InChI is InChI=1S/C22H24N2O3S/c25-19(24-21-23-18(13-28-21)17-4-2-1-3-5-17)12-27-20(26)22-9-14-6-15(10-22)8-16(7-14)11-22/h1-5,13-16H,6-12H2,(H,23,24,25). The first-order valence-electron chi connectivity index (χ1n) is 10.1. The Labute approximate surface area is 168 Å². The molecule has 4 saturated carbocycles. The van der Waals surface area contributed by atoms with Crippen LogP contribution in [0.15, 0.2) is 35.7 Å². The third-order valence-corrected chi connectivity index (χ3v) is 7.38. The van der Waals surface area contributed by atoms with Gasteiger partial charge in [-0.1, -0.05) is 30.3 Å². The fraction of sp³-hybridized carbons (Fsp3) is 0.500. The molecule has 6 rings (SSSR count). The largest absolute Gasteiger partial charge is 0.455 e. The van der Waals surface area contributed by atoms with E-state index in [1.807, 2.05) is 35.7 Å². The highest BCUT2D eigenvalue weighted by Crippen LogP contribution is 2.60. The number of nitrogens with zero attached hydrogens (tertiary/aromatic N) is 1. The second kappa shape index (κ2) is 6.99. The quantitative estimate of drug-likeness (QED) is 0.755. The number of hydrogen-bond acceptors (Lipinski definition) is 5. The predicted octanol–water partition coefficient (Wildman–Crippen LogP) is 4.51. The molecule has 0 aliphatic heterocycles. The summed E-state index contributed by atoms with van der Waals surface area (Å²) in [4.78, 5) is 29.5. The van der Waals surface area contributed by atoms with Gasteiger partial charge in [-0.15, -0.1) is 11.3 Å². The molecule has 4 bridgehead atoms. The normalized spacial score (nSPS) is 30.2. The Morgan fingerprint density at radius 3 is 2.36 bits per heavy atom. The molecular formula is C22H24N2O3S. The molecule has 4 aliphatic carbocycles. The van der Waals surface area contributed by atoms with Crippen LogP contribution in [0.1, 0.15) is 38.5 Å². The zero-order valence-electron chi connectivity index (χ0n) is 15.7. The number of thiazole rings is 1. The Morgan fingerprint density at radius 1 is 1.07 bits per heavy atom. The number of nitrogens with one attached hydrogen (secondary N) is 1. The molecular weight excluding hydrogens is 372 g/mol. The first-order chi connectivity index (χ1) is 13.6. The van der Waals surface area contributed by atoms with Crippen LogP contribution in [0, 0.1) is 23.2 Å². The molecule has 0 atom stereocenters. The van der Waals surface area contributed by atoms with E-state index in [0.29, 0.717) is 22.9 Å². The van der Waals surface area contributed by atoms with E-state index in [2.05, 4.69) is 10.3 Å². The average Bonchev–Trinajstić information content (AvgIpc) is 3.14. The van der Waals surface area contributed by atoms with Crippen molar-refractivity contribution in [3.05, 3.63) is 35.7 Å². The highest BCUT2D eigenvalue weighted by molar-refractivity contribution is 7.14. The van der Waals surface area contributed by atoms with Gasteiger partial charge in [0.15, 0.2) is 11.7 Å². The summed E-state index contributed by atoms with van der Waals surface area (Å²) in [5.41, 5.74) is 1.51. The molecule has 146 valence electrons. The second-order valence-corrected chi connectivity index (χ2v) is 9.58. The molecule has 5 nitrogen and oxygen atoms in total. The highest BCUT2D eigenvalue weighted by Gasteiger charge is 2.55. The van der Waals surface area contributed by atoms with Gasteiger partial charge >= 0.3 is 5.97 Å². The SMILES string of the molecule is O=C(COC(=O)C12CC3CC(CC(C3)C1)C2)Nc1nc(-c2ccccc2)cs1. The molecule has 0 radical (unpaired) electrons. The molecule has 1 N–H and O–H groups in total. The lowest BCUT2D eigenvalue weighted by Crippen LogP contribution is -2.50. The minimum atomic E-state index is -0.327.